The molecule has 1 N–H and O–H groups in total. The highest BCUT2D eigenvalue weighted by Gasteiger charge is 2.29. The van der Waals surface area contributed by atoms with Gasteiger partial charge in [0.1, 0.15) is 0 Å². The van der Waals surface area contributed by atoms with Crippen LogP contribution >= 0.6 is 0 Å². The molecule has 1 heterocycles. The van der Waals surface area contributed by atoms with Crippen molar-refractivity contribution >= 4 is 12.0 Å². The molecular formula is C15H28N2O3. The number of rotatable bonds is 4. The lowest BCUT2D eigenvalue weighted by Crippen LogP contribution is -2.48. The monoisotopic (exact) mass is 284 g/mol. The van der Waals surface area contributed by atoms with Crippen molar-refractivity contribution < 1.29 is 14.7 Å². The van der Waals surface area contributed by atoms with Gasteiger partial charge in [-0.3, -0.25) is 4.79 Å². The van der Waals surface area contributed by atoms with E-state index in [0.717, 1.165) is 32.4 Å². The van der Waals surface area contributed by atoms with Crippen LogP contribution in [0.3, 0.4) is 0 Å². The van der Waals surface area contributed by atoms with E-state index in [1.54, 1.807) is 11.8 Å². The minimum atomic E-state index is -0.860. The van der Waals surface area contributed by atoms with E-state index >= 15 is 0 Å². The highest BCUT2D eigenvalue weighted by atomic mass is 16.4. The van der Waals surface area contributed by atoms with Crippen molar-refractivity contribution in [2.75, 3.05) is 19.6 Å². The van der Waals surface area contributed by atoms with Crippen LogP contribution in [0.1, 0.15) is 53.4 Å². The number of urea groups is 1. The second-order valence-corrected chi connectivity index (χ2v) is 6.52. The van der Waals surface area contributed by atoms with Crippen LogP contribution in [0.2, 0.25) is 0 Å². The van der Waals surface area contributed by atoms with Gasteiger partial charge in [-0.2, -0.15) is 0 Å². The van der Waals surface area contributed by atoms with E-state index in [1.807, 2.05) is 11.8 Å². The molecule has 0 radical (unpaired) electrons. The summed E-state index contributed by atoms with van der Waals surface area (Å²) in [6.07, 6.45) is 3.15. The van der Waals surface area contributed by atoms with Crippen molar-refractivity contribution in [1.82, 2.24) is 9.80 Å². The van der Waals surface area contributed by atoms with Gasteiger partial charge in [0.05, 0.1) is 6.42 Å². The summed E-state index contributed by atoms with van der Waals surface area (Å²) in [6, 6.07) is -0.278. The number of carboxylic acid groups (broad SMARTS) is 1. The molecule has 0 aromatic heterocycles. The third-order valence-corrected chi connectivity index (χ3v) is 4.20. The predicted octanol–water partition coefficient (Wildman–Crippen LogP) is 2.80. The van der Waals surface area contributed by atoms with Gasteiger partial charge in [0, 0.05) is 25.7 Å². The molecule has 0 aromatic carbocycles. The lowest BCUT2D eigenvalue weighted by atomic mass is 9.85. The molecule has 0 aliphatic carbocycles. The fourth-order valence-electron chi connectivity index (χ4n) is 2.79. The average molecular weight is 284 g/mol. The fraction of sp³-hybridized carbons (Fsp3) is 0.867. The van der Waals surface area contributed by atoms with Crippen LogP contribution in [0.25, 0.3) is 0 Å². The van der Waals surface area contributed by atoms with E-state index in [9.17, 15) is 9.59 Å². The molecule has 1 aliphatic rings. The Morgan fingerprint density at radius 2 is 1.95 bits per heavy atom. The maximum atomic E-state index is 12.6. The summed E-state index contributed by atoms with van der Waals surface area (Å²) in [5.41, 5.74) is 0.290. The normalized spacial score (nSPS) is 20.1. The molecule has 1 fully saturated rings. The zero-order chi connectivity index (χ0) is 15.3. The third-order valence-electron chi connectivity index (χ3n) is 4.20. The molecule has 1 saturated heterocycles. The quantitative estimate of drug-likeness (QED) is 0.863. The topological polar surface area (TPSA) is 60.9 Å². The zero-order valence-electron chi connectivity index (χ0n) is 13.2. The largest absolute Gasteiger partial charge is 0.481 e. The van der Waals surface area contributed by atoms with Gasteiger partial charge in [-0.25, -0.2) is 4.79 Å². The number of carboxylic acids is 1. The van der Waals surface area contributed by atoms with Gasteiger partial charge in [-0.05, 0) is 38.5 Å². The van der Waals surface area contributed by atoms with Gasteiger partial charge in [-0.1, -0.05) is 13.8 Å². The van der Waals surface area contributed by atoms with Crippen LogP contribution in [0.4, 0.5) is 4.79 Å². The summed E-state index contributed by atoms with van der Waals surface area (Å²) in [6.45, 7) is 10.3. The van der Waals surface area contributed by atoms with E-state index in [0.29, 0.717) is 12.0 Å². The van der Waals surface area contributed by atoms with Crippen molar-refractivity contribution in [3.05, 3.63) is 0 Å². The molecule has 0 bridgehead atoms. The molecule has 2 amide bonds. The van der Waals surface area contributed by atoms with Crippen LogP contribution < -0.4 is 0 Å². The van der Waals surface area contributed by atoms with E-state index < -0.39 is 5.97 Å². The van der Waals surface area contributed by atoms with Crippen LogP contribution in [-0.2, 0) is 4.79 Å². The Kier molecular flexibility index (Phi) is 5.84. The van der Waals surface area contributed by atoms with Gasteiger partial charge < -0.3 is 14.9 Å². The second-order valence-electron chi connectivity index (χ2n) is 6.52. The first kappa shape index (κ1) is 16.8. The Bertz CT molecular complexity index is 355. The third kappa shape index (κ3) is 4.69. The first-order valence-electron chi connectivity index (χ1n) is 7.54. The van der Waals surface area contributed by atoms with Gasteiger partial charge in [-0.15, -0.1) is 0 Å². The maximum Gasteiger partial charge on any atom is 0.320 e. The molecule has 0 saturated carbocycles. The van der Waals surface area contributed by atoms with Crippen molar-refractivity contribution in [3.8, 4) is 0 Å². The summed E-state index contributed by atoms with van der Waals surface area (Å²) < 4.78 is 0. The minimum absolute atomic E-state index is 0.00108. The predicted molar refractivity (Wildman–Crippen MR) is 78.7 cm³/mol. The number of amides is 2. The number of nitrogens with zero attached hydrogens (tertiary/aromatic N) is 2. The van der Waals surface area contributed by atoms with Crippen LogP contribution in [0, 0.1) is 5.41 Å². The average Bonchev–Trinajstić information content (AvgIpc) is 2.50. The fourth-order valence-corrected chi connectivity index (χ4v) is 2.79. The van der Waals surface area contributed by atoms with Crippen molar-refractivity contribution in [3.63, 3.8) is 0 Å². The number of carbonyl (C=O) groups is 2. The van der Waals surface area contributed by atoms with E-state index in [1.165, 1.54) is 0 Å². The van der Waals surface area contributed by atoms with Crippen molar-refractivity contribution in [2.24, 2.45) is 5.41 Å². The van der Waals surface area contributed by atoms with Gasteiger partial charge >= 0.3 is 12.0 Å². The summed E-state index contributed by atoms with van der Waals surface area (Å²) in [7, 11) is 0. The molecule has 5 heteroatoms. The second kappa shape index (κ2) is 6.95. The van der Waals surface area contributed by atoms with Crippen LogP contribution in [-0.4, -0.2) is 52.6 Å². The molecular weight excluding hydrogens is 256 g/mol. The Labute approximate surface area is 121 Å². The molecule has 1 aliphatic heterocycles. The highest BCUT2D eigenvalue weighted by molar-refractivity contribution is 5.76. The van der Waals surface area contributed by atoms with E-state index in [-0.39, 0.29) is 18.5 Å². The van der Waals surface area contributed by atoms with Gasteiger partial charge in [0.2, 0.25) is 0 Å². The molecule has 1 atom stereocenters. The summed E-state index contributed by atoms with van der Waals surface area (Å²) in [5, 5.41) is 8.88. The standard InChI is InChI=1S/C15H28N2O3/c1-5-17(12(2)11-13(18)19)14(20)16-9-6-7-15(3,4)8-10-16/h12H,5-11H2,1-4H3,(H,18,19). The number of hydrogen-bond donors (Lipinski definition) is 1. The molecule has 0 spiro atoms. The first-order chi connectivity index (χ1) is 9.26. The molecule has 0 aromatic rings. The van der Waals surface area contributed by atoms with Crippen molar-refractivity contribution in [1.29, 1.82) is 0 Å². The summed E-state index contributed by atoms with van der Waals surface area (Å²) in [4.78, 5) is 27.0. The Hall–Kier alpha value is -1.26. The SMILES string of the molecule is CCN(C(=O)N1CCCC(C)(C)CC1)C(C)CC(=O)O. The van der Waals surface area contributed by atoms with Crippen LogP contribution in [0.5, 0.6) is 0 Å². The smallest absolute Gasteiger partial charge is 0.320 e. The van der Waals surface area contributed by atoms with E-state index in [4.69, 9.17) is 5.11 Å². The molecule has 5 nitrogen and oxygen atoms in total. The summed E-state index contributed by atoms with van der Waals surface area (Å²) >= 11 is 0. The minimum Gasteiger partial charge on any atom is -0.481 e. The number of carbonyl (C=O) groups excluding carboxylic acids is 1. The Balaban J connectivity index is 2.68. The number of likely N-dealkylation sites (tertiary alicyclic amines) is 1. The van der Waals surface area contributed by atoms with Gasteiger partial charge in [0.25, 0.3) is 0 Å². The van der Waals surface area contributed by atoms with Gasteiger partial charge in [0.15, 0.2) is 0 Å². The molecule has 1 unspecified atom stereocenters. The van der Waals surface area contributed by atoms with E-state index in [2.05, 4.69) is 13.8 Å². The van der Waals surface area contributed by atoms with Crippen molar-refractivity contribution in [2.45, 2.75) is 59.4 Å². The Morgan fingerprint density at radius 3 is 2.50 bits per heavy atom. The maximum absolute atomic E-state index is 12.6. The Morgan fingerprint density at radius 1 is 1.30 bits per heavy atom. The highest BCUT2D eigenvalue weighted by Crippen LogP contribution is 2.30. The molecule has 20 heavy (non-hydrogen) atoms. The lowest BCUT2D eigenvalue weighted by molar-refractivity contribution is -0.138. The number of aliphatic carboxylic acids is 1. The lowest BCUT2D eigenvalue weighted by Gasteiger charge is -2.33. The first-order valence-corrected chi connectivity index (χ1v) is 7.54. The molecule has 116 valence electrons. The zero-order valence-corrected chi connectivity index (χ0v) is 13.2. The molecule has 1 rings (SSSR count). The van der Waals surface area contributed by atoms with Crippen LogP contribution in [0.15, 0.2) is 0 Å². The summed E-state index contributed by atoms with van der Waals surface area (Å²) in [5.74, 6) is -0.860. The number of hydrogen-bond acceptors (Lipinski definition) is 2.